The van der Waals surface area contributed by atoms with Gasteiger partial charge < -0.3 is 25.1 Å². The number of carbonyl (C=O) groups is 2. The molecule has 4 N–H and O–H groups in total. The van der Waals surface area contributed by atoms with Gasteiger partial charge in [-0.3, -0.25) is 9.78 Å². The number of nitrogens with one attached hydrogen (secondary N) is 2. The predicted molar refractivity (Wildman–Crippen MR) is 125 cm³/mol. The van der Waals surface area contributed by atoms with Crippen LogP contribution in [0.15, 0.2) is 59.6 Å². The molecule has 1 aromatic heterocycles. The summed E-state index contributed by atoms with van der Waals surface area (Å²) in [6, 6.07) is 12.1. The fourth-order valence-electron chi connectivity index (χ4n) is 3.40. The second-order valence-electron chi connectivity index (χ2n) is 7.53. The minimum atomic E-state index is -4.29. The van der Waals surface area contributed by atoms with E-state index in [1.165, 1.54) is 25.1 Å². The Kier molecular flexibility index (Phi) is 8.16. The number of nitrogens with zero attached hydrogens (tertiary/aromatic N) is 1. The summed E-state index contributed by atoms with van der Waals surface area (Å²) in [4.78, 5) is 26.2. The van der Waals surface area contributed by atoms with Gasteiger partial charge in [-0.1, -0.05) is 18.2 Å². The summed E-state index contributed by atoms with van der Waals surface area (Å²) in [5.74, 6) is -1.34. The van der Waals surface area contributed by atoms with Crippen molar-refractivity contribution in [2.45, 2.75) is 36.9 Å². The molecule has 0 aliphatic carbocycles. The fourth-order valence-corrected chi connectivity index (χ4v) is 4.69. The van der Waals surface area contributed by atoms with Crippen LogP contribution in [0.4, 0.5) is 5.69 Å². The number of pyridine rings is 1. The molecule has 0 bridgehead atoms. The molecule has 10 nitrogen and oxygen atoms in total. The normalized spacial score (nSPS) is 13.2. The lowest BCUT2D eigenvalue weighted by atomic mass is 10.1. The SMILES string of the molecule is CC(O)Nc1ccc(S(=O)(=O)N[C@H](C=O)CC(=O)O)c(OCCc2cccc3ncccc23)c1. The van der Waals surface area contributed by atoms with Gasteiger partial charge in [0.25, 0.3) is 0 Å². The minimum Gasteiger partial charge on any atom is -0.492 e. The van der Waals surface area contributed by atoms with Crippen molar-refractivity contribution in [3.8, 4) is 5.75 Å². The van der Waals surface area contributed by atoms with Crippen molar-refractivity contribution in [2.75, 3.05) is 11.9 Å². The van der Waals surface area contributed by atoms with E-state index in [2.05, 4.69) is 15.0 Å². The van der Waals surface area contributed by atoms with E-state index in [1.54, 1.807) is 6.20 Å². The maximum atomic E-state index is 12.9. The van der Waals surface area contributed by atoms with Crippen LogP contribution in [0, 0.1) is 0 Å². The molecular formula is C23H25N3O7S. The molecule has 3 rings (SSSR count). The number of aliphatic hydroxyl groups excluding tert-OH is 1. The number of aliphatic carboxylic acids is 1. The maximum Gasteiger partial charge on any atom is 0.305 e. The largest absolute Gasteiger partial charge is 0.492 e. The first kappa shape index (κ1) is 25.1. The molecule has 180 valence electrons. The second kappa shape index (κ2) is 11.1. The third kappa shape index (κ3) is 6.50. The third-order valence-electron chi connectivity index (χ3n) is 4.84. The number of carboxylic acids is 1. The lowest BCUT2D eigenvalue weighted by Gasteiger charge is -2.17. The predicted octanol–water partition coefficient (Wildman–Crippen LogP) is 1.93. The van der Waals surface area contributed by atoms with Gasteiger partial charge in [-0.2, -0.15) is 0 Å². The average molecular weight is 488 g/mol. The Morgan fingerprint density at radius 1 is 1.21 bits per heavy atom. The summed E-state index contributed by atoms with van der Waals surface area (Å²) in [7, 11) is -4.29. The fraction of sp³-hybridized carbons (Fsp3) is 0.261. The van der Waals surface area contributed by atoms with Gasteiger partial charge in [0, 0.05) is 29.8 Å². The molecule has 1 unspecified atom stereocenters. The number of hydrogen-bond donors (Lipinski definition) is 4. The molecule has 3 aromatic rings. The van der Waals surface area contributed by atoms with Gasteiger partial charge in [-0.25, -0.2) is 13.1 Å². The van der Waals surface area contributed by atoms with Gasteiger partial charge in [0.05, 0.1) is 24.6 Å². The number of aromatic nitrogens is 1. The second-order valence-corrected chi connectivity index (χ2v) is 9.21. The lowest BCUT2D eigenvalue weighted by Crippen LogP contribution is -2.37. The monoisotopic (exact) mass is 487 g/mol. The molecule has 34 heavy (non-hydrogen) atoms. The number of sulfonamides is 1. The first-order valence-corrected chi connectivity index (χ1v) is 11.9. The van der Waals surface area contributed by atoms with Gasteiger partial charge >= 0.3 is 5.97 Å². The maximum absolute atomic E-state index is 12.9. The summed E-state index contributed by atoms with van der Waals surface area (Å²) in [6.45, 7) is 1.63. The van der Waals surface area contributed by atoms with Crippen molar-refractivity contribution in [3.05, 3.63) is 60.3 Å². The van der Waals surface area contributed by atoms with Crippen LogP contribution in [-0.2, 0) is 26.0 Å². The highest BCUT2D eigenvalue weighted by Crippen LogP contribution is 2.29. The highest BCUT2D eigenvalue weighted by atomic mass is 32.2. The van der Waals surface area contributed by atoms with Crippen LogP contribution in [-0.4, -0.2) is 54.7 Å². The summed E-state index contributed by atoms with van der Waals surface area (Å²) in [6.07, 6.45) is 0.788. The third-order valence-corrected chi connectivity index (χ3v) is 6.37. The zero-order chi connectivity index (χ0) is 24.7. The molecule has 2 atom stereocenters. The Labute approximate surface area is 196 Å². The summed E-state index contributed by atoms with van der Waals surface area (Å²) in [5.41, 5.74) is 2.21. The Morgan fingerprint density at radius 2 is 2.00 bits per heavy atom. The molecule has 0 spiro atoms. The number of ether oxygens (including phenoxy) is 1. The molecular weight excluding hydrogens is 462 g/mol. The van der Waals surface area contributed by atoms with Gasteiger partial charge in [-0.05, 0) is 36.8 Å². The molecule has 11 heteroatoms. The Balaban J connectivity index is 1.86. The van der Waals surface area contributed by atoms with E-state index >= 15 is 0 Å². The summed E-state index contributed by atoms with van der Waals surface area (Å²) < 4.78 is 33.8. The van der Waals surface area contributed by atoms with Crippen molar-refractivity contribution in [1.29, 1.82) is 0 Å². The van der Waals surface area contributed by atoms with Crippen molar-refractivity contribution in [1.82, 2.24) is 9.71 Å². The van der Waals surface area contributed by atoms with Crippen molar-refractivity contribution in [3.63, 3.8) is 0 Å². The van der Waals surface area contributed by atoms with E-state index in [0.29, 0.717) is 12.1 Å². The Hall–Kier alpha value is -3.54. The highest BCUT2D eigenvalue weighted by molar-refractivity contribution is 7.89. The lowest BCUT2D eigenvalue weighted by molar-refractivity contribution is -0.138. The smallest absolute Gasteiger partial charge is 0.305 e. The molecule has 0 saturated heterocycles. The van der Waals surface area contributed by atoms with Crippen LogP contribution in [0.3, 0.4) is 0 Å². The molecule has 0 amide bonds. The van der Waals surface area contributed by atoms with Crippen LogP contribution in [0.25, 0.3) is 10.9 Å². The number of anilines is 1. The zero-order valence-electron chi connectivity index (χ0n) is 18.3. The van der Waals surface area contributed by atoms with Crippen LogP contribution in [0.2, 0.25) is 0 Å². The van der Waals surface area contributed by atoms with Gasteiger partial charge in [0.2, 0.25) is 10.0 Å². The first-order valence-electron chi connectivity index (χ1n) is 10.4. The van der Waals surface area contributed by atoms with Crippen molar-refractivity contribution in [2.24, 2.45) is 0 Å². The van der Waals surface area contributed by atoms with Crippen LogP contribution in [0.5, 0.6) is 5.75 Å². The van der Waals surface area contributed by atoms with Crippen LogP contribution < -0.4 is 14.8 Å². The number of fused-ring (bicyclic) bond motifs is 1. The Bertz CT molecular complexity index is 1270. The van der Waals surface area contributed by atoms with Crippen LogP contribution >= 0.6 is 0 Å². The quantitative estimate of drug-likeness (QED) is 0.221. The summed E-state index contributed by atoms with van der Waals surface area (Å²) in [5, 5.41) is 22.2. The number of carbonyl (C=O) groups excluding carboxylic acids is 1. The minimum absolute atomic E-state index is 0.0171. The van der Waals surface area contributed by atoms with Gasteiger partial charge in [0.1, 0.15) is 23.2 Å². The molecule has 0 saturated carbocycles. The number of benzene rings is 2. The molecule has 0 aliphatic heterocycles. The molecule has 0 fully saturated rings. The highest BCUT2D eigenvalue weighted by Gasteiger charge is 2.25. The zero-order valence-corrected chi connectivity index (χ0v) is 19.2. The first-order chi connectivity index (χ1) is 16.2. The van der Waals surface area contributed by atoms with Crippen LogP contribution in [0.1, 0.15) is 18.9 Å². The summed E-state index contributed by atoms with van der Waals surface area (Å²) >= 11 is 0. The number of carboxylic acid groups (broad SMARTS) is 1. The van der Waals surface area contributed by atoms with E-state index in [1.807, 2.05) is 30.3 Å². The number of hydrogen-bond acceptors (Lipinski definition) is 8. The van der Waals surface area contributed by atoms with Gasteiger partial charge in [0.15, 0.2) is 0 Å². The standard InChI is InChI=1S/C23H25N3O7S/c1-15(28)25-17-7-8-22(34(31,32)26-18(14-27)13-23(29)30)21(12-17)33-11-9-16-4-2-6-20-19(16)5-3-10-24-20/h2-8,10,12,14-15,18,25-26,28H,9,11,13H2,1H3,(H,29,30)/t15?,18-/m0/s1. The van der Waals surface area contributed by atoms with E-state index in [0.717, 1.165) is 16.5 Å². The molecule has 1 heterocycles. The average Bonchev–Trinajstić information content (AvgIpc) is 2.78. The Morgan fingerprint density at radius 3 is 2.71 bits per heavy atom. The van der Waals surface area contributed by atoms with E-state index < -0.39 is 34.7 Å². The molecule has 0 radical (unpaired) electrons. The van der Waals surface area contributed by atoms with Crippen molar-refractivity contribution < 1.29 is 33.0 Å². The van der Waals surface area contributed by atoms with E-state index in [-0.39, 0.29) is 23.5 Å². The topological polar surface area (TPSA) is 155 Å². The molecule has 2 aromatic carbocycles. The van der Waals surface area contributed by atoms with E-state index in [4.69, 9.17) is 9.84 Å². The van der Waals surface area contributed by atoms with E-state index in [9.17, 15) is 23.1 Å². The van der Waals surface area contributed by atoms with Gasteiger partial charge in [-0.15, -0.1) is 0 Å². The van der Waals surface area contributed by atoms with Crippen molar-refractivity contribution >= 4 is 38.9 Å². The number of rotatable bonds is 12. The number of aldehydes is 1. The number of aliphatic hydroxyl groups is 1. The molecule has 0 aliphatic rings.